The maximum Gasteiger partial charge on any atom is 0.125 e. The van der Waals surface area contributed by atoms with Crippen LogP contribution in [0.5, 0.6) is 0 Å². The zero-order valence-electron chi connectivity index (χ0n) is 7.52. The minimum atomic E-state index is -0.313. The molecule has 0 amide bonds. The zero-order chi connectivity index (χ0) is 9.97. The molecule has 5 heteroatoms. The molecule has 0 atom stereocenters. The van der Waals surface area contributed by atoms with Gasteiger partial charge in [-0.15, -0.1) is 0 Å². The van der Waals surface area contributed by atoms with Crippen LogP contribution in [0.25, 0.3) is 11.0 Å². The van der Waals surface area contributed by atoms with Gasteiger partial charge in [0.25, 0.3) is 0 Å². The highest BCUT2D eigenvalue weighted by atomic mass is 19.1. The molecule has 14 heavy (non-hydrogen) atoms. The van der Waals surface area contributed by atoms with Crippen molar-refractivity contribution in [3.63, 3.8) is 0 Å². The second-order valence-electron chi connectivity index (χ2n) is 3.01. The molecule has 0 aliphatic rings. The lowest BCUT2D eigenvalue weighted by Gasteiger charge is -1.93. The van der Waals surface area contributed by atoms with Gasteiger partial charge in [-0.3, -0.25) is 0 Å². The van der Waals surface area contributed by atoms with Crippen molar-refractivity contribution in [2.45, 2.75) is 13.0 Å². The Morgan fingerprint density at radius 3 is 2.86 bits per heavy atom. The van der Waals surface area contributed by atoms with E-state index in [1.54, 1.807) is 6.07 Å². The van der Waals surface area contributed by atoms with Crippen LogP contribution < -0.4 is 0 Å². The molecule has 2 aromatic rings. The summed E-state index contributed by atoms with van der Waals surface area (Å²) in [4.78, 5) is 1.47. The molecule has 0 bridgehead atoms. The van der Waals surface area contributed by atoms with Crippen molar-refractivity contribution in [1.82, 2.24) is 15.0 Å². The predicted octanol–water partition coefficient (Wildman–Crippen LogP) is 0.953. The van der Waals surface area contributed by atoms with E-state index in [-0.39, 0.29) is 12.4 Å². The van der Waals surface area contributed by atoms with Crippen LogP contribution in [0.15, 0.2) is 18.2 Å². The van der Waals surface area contributed by atoms with Gasteiger partial charge in [0.2, 0.25) is 0 Å². The smallest absolute Gasteiger partial charge is 0.125 e. The van der Waals surface area contributed by atoms with Crippen LogP contribution >= 0.6 is 0 Å². The summed E-state index contributed by atoms with van der Waals surface area (Å²) in [6.45, 7) is 0.652. The first-order chi connectivity index (χ1) is 6.79. The average molecular weight is 195 g/mol. The monoisotopic (exact) mass is 195 g/mol. The quantitative estimate of drug-likeness (QED) is 0.793. The molecule has 0 unspecified atom stereocenters. The van der Waals surface area contributed by atoms with Gasteiger partial charge in [-0.25, -0.2) is 4.39 Å². The first kappa shape index (κ1) is 9.08. The molecule has 0 aliphatic heterocycles. The second kappa shape index (κ2) is 3.71. The van der Waals surface area contributed by atoms with Crippen molar-refractivity contribution in [3.8, 4) is 0 Å². The number of halogens is 1. The molecule has 0 aliphatic carbocycles. The number of hydrogen-bond acceptors (Lipinski definition) is 3. The standard InChI is InChI=1S/C9H10FN3O/c10-7-2-3-8-9(6-7)12-13(11-8)4-1-5-14/h2-3,6,14H,1,4-5H2. The normalized spacial score (nSPS) is 11.0. The minimum Gasteiger partial charge on any atom is -0.396 e. The van der Waals surface area contributed by atoms with E-state index in [1.807, 2.05) is 0 Å². The van der Waals surface area contributed by atoms with E-state index in [0.717, 1.165) is 0 Å². The molecule has 0 fully saturated rings. The topological polar surface area (TPSA) is 50.9 Å². The molecule has 74 valence electrons. The Morgan fingerprint density at radius 2 is 2.07 bits per heavy atom. The molecule has 1 N–H and O–H groups in total. The third kappa shape index (κ3) is 1.72. The molecular formula is C9H10FN3O. The van der Waals surface area contributed by atoms with E-state index in [9.17, 15) is 4.39 Å². The van der Waals surface area contributed by atoms with Crippen molar-refractivity contribution in [1.29, 1.82) is 0 Å². The van der Waals surface area contributed by atoms with Gasteiger partial charge in [0, 0.05) is 12.7 Å². The number of aryl methyl sites for hydroxylation is 1. The highest BCUT2D eigenvalue weighted by Gasteiger charge is 2.02. The Hall–Kier alpha value is -1.49. The summed E-state index contributed by atoms with van der Waals surface area (Å²) in [7, 11) is 0. The third-order valence-corrected chi connectivity index (χ3v) is 1.90. The fraction of sp³-hybridized carbons (Fsp3) is 0.333. The van der Waals surface area contributed by atoms with Crippen molar-refractivity contribution in [2.75, 3.05) is 6.61 Å². The fourth-order valence-corrected chi connectivity index (χ4v) is 1.24. The maximum atomic E-state index is 12.8. The lowest BCUT2D eigenvalue weighted by molar-refractivity contribution is 0.273. The van der Waals surface area contributed by atoms with Gasteiger partial charge in [0.05, 0.1) is 6.54 Å². The van der Waals surface area contributed by atoms with Crippen molar-refractivity contribution >= 4 is 11.0 Å². The van der Waals surface area contributed by atoms with Gasteiger partial charge in [-0.1, -0.05) is 0 Å². The van der Waals surface area contributed by atoms with Crippen LogP contribution in [-0.4, -0.2) is 26.7 Å². The summed E-state index contributed by atoms with van der Waals surface area (Å²) in [5.41, 5.74) is 1.22. The fourth-order valence-electron chi connectivity index (χ4n) is 1.24. The number of benzene rings is 1. The van der Waals surface area contributed by atoms with Crippen LogP contribution in [0.2, 0.25) is 0 Å². The molecule has 0 spiro atoms. The Kier molecular flexibility index (Phi) is 2.41. The van der Waals surface area contributed by atoms with Crippen molar-refractivity contribution in [3.05, 3.63) is 24.0 Å². The molecule has 0 radical (unpaired) electrons. The molecule has 2 rings (SSSR count). The van der Waals surface area contributed by atoms with Crippen LogP contribution in [0.3, 0.4) is 0 Å². The van der Waals surface area contributed by atoms with E-state index in [2.05, 4.69) is 10.2 Å². The predicted molar refractivity (Wildman–Crippen MR) is 49.2 cm³/mol. The van der Waals surface area contributed by atoms with E-state index in [0.29, 0.717) is 24.0 Å². The molecule has 0 saturated heterocycles. The summed E-state index contributed by atoms with van der Waals surface area (Å²) in [5, 5.41) is 16.8. The third-order valence-electron chi connectivity index (χ3n) is 1.90. The number of aliphatic hydroxyl groups excluding tert-OH is 1. The van der Waals surface area contributed by atoms with Gasteiger partial charge in [0.15, 0.2) is 0 Å². The minimum absolute atomic E-state index is 0.103. The van der Waals surface area contributed by atoms with E-state index < -0.39 is 0 Å². The van der Waals surface area contributed by atoms with Gasteiger partial charge < -0.3 is 5.11 Å². The number of nitrogens with zero attached hydrogens (tertiary/aromatic N) is 3. The number of hydrogen-bond donors (Lipinski definition) is 1. The molecule has 1 heterocycles. The Labute approximate surface area is 80.0 Å². The number of rotatable bonds is 3. The summed E-state index contributed by atoms with van der Waals surface area (Å²) < 4.78 is 12.8. The highest BCUT2D eigenvalue weighted by Crippen LogP contribution is 2.10. The number of aliphatic hydroxyl groups is 1. The molecule has 1 aromatic carbocycles. The first-order valence-corrected chi connectivity index (χ1v) is 4.41. The molecule has 1 aromatic heterocycles. The number of fused-ring (bicyclic) bond motifs is 1. The van der Waals surface area contributed by atoms with Crippen LogP contribution in [0.4, 0.5) is 4.39 Å². The van der Waals surface area contributed by atoms with Crippen LogP contribution in [-0.2, 0) is 6.54 Å². The second-order valence-corrected chi connectivity index (χ2v) is 3.01. The molecule has 0 saturated carbocycles. The van der Waals surface area contributed by atoms with E-state index in [4.69, 9.17) is 5.11 Å². The summed E-state index contributed by atoms with van der Waals surface area (Å²) in [5.74, 6) is -0.313. The Bertz CT molecular complexity index is 441. The highest BCUT2D eigenvalue weighted by molar-refractivity contribution is 5.73. The van der Waals surface area contributed by atoms with Crippen molar-refractivity contribution in [2.24, 2.45) is 0 Å². The number of aromatic nitrogens is 3. The van der Waals surface area contributed by atoms with E-state index >= 15 is 0 Å². The van der Waals surface area contributed by atoms with E-state index in [1.165, 1.54) is 16.9 Å². The van der Waals surface area contributed by atoms with Crippen LogP contribution in [0, 0.1) is 5.82 Å². The first-order valence-electron chi connectivity index (χ1n) is 4.41. The lowest BCUT2D eigenvalue weighted by atomic mass is 10.3. The van der Waals surface area contributed by atoms with Gasteiger partial charge in [-0.2, -0.15) is 15.0 Å². The van der Waals surface area contributed by atoms with Gasteiger partial charge in [-0.05, 0) is 18.6 Å². The summed E-state index contributed by atoms with van der Waals surface area (Å²) in [6, 6.07) is 4.29. The van der Waals surface area contributed by atoms with Crippen molar-refractivity contribution < 1.29 is 9.50 Å². The SMILES string of the molecule is OCCCn1nc2ccc(F)cc2n1. The molecule has 4 nitrogen and oxygen atoms in total. The van der Waals surface area contributed by atoms with Gasteiger partial charge in [0.1, 0.15) is 16.9 Å². The summed E-state index contributed by atoms with van der Waals surface area (Å²) >= 11 is 0. The molecular weight excluding hydrogens is 185 g/mol. The zero-order valence-corrected chi connectivity index (χ0v) is 7.52. The largest absolute Gasteiger partial charge is 0.396 e. The maximum absolute atomic E-state index is 12.8. The van der Waals surface area contributed by atoms with Gasteiger partial charge >= 0.3 is 0 Å². The average Bonchev–Trinajstić information content (AvgIpc) is 2.56. The Balaban J connectivity index is 2.32. The van der Waals surface area contributed by atoms with Crippen LogP contribution in [0.1, 0.15) is 6.42 Å². The Morgan fingerprint density at radius 1 is 1.29 bits per heavy atom. The lowest BCUT2D eigenvalue weighted by Crippen LogP contribution is -2.03. The summed E-state index contributed by atoms with van der Waals surface area (Å²) in [6.07, 6.45) is 0.601.